The van der Waals surface area contributed by atoms with Gasteiger partial charge in [0.2, 0.25) is 5.28 Å². The second kappa shape index (κ2) is 6.91. The number of methoxy groups -OCH3 is 2. The molecule has 1 aliphatic carbocycles. The second-order valence-electron chi connectivity index (χ2n) is 4.95. The molecule has 0 bridgehead atoms. The molecule has 3 N–H and O–H groups in total. The van der Waals surface area contributed by atoms with Crippen LogP contribution in [0.5, 0.6) is 0 Å². The van der Waals surface area contributed by atoms with E-state index in [2.05, 4.69) is 20.0 Å². The molecular formula is C13H19ClN4O3. The minimum Gasteiger partial charge on any atom is -0.464 e. The summed E-state index contributed by atoms with van der Waals surface area (Å²) in [5, 5.41) is 3.19. The molecule has 0 unspecified atom stereocenters. The Morgan fingerprint density at radius 3 is 2.52 bits per heavy atom. The fourth-order valence-corrected chi connectivity index (χ4v) is 2.61. The normalized spacial score (nSPS) is 21.9. The van der Waals surface area contributed by atoms with Crippen molar-refractivity contribution >= 4 is 29.1 Å². The zero-order valence-corrected chi connectivity index (χ0v) is 12.8. The van der Waals surface area contributed by atoms with E-state index >= 15 is 0 Å². The summed E-state index contributed by atoms with van der Waals surface area (Å²) < 4.78 is 9.97. The fourth-order valence-electron chi connectivity index (χ4n) is 2.44. The number of rotatable bonds is 4. The van der Waals surface area contributed by atoms with E-state index in [-0.39, 0.29) is 22.7 Å². The number of carbonyl (C=O) groups is 1. The van der Waals surface area contributed by atoms with Crippen molar-refractivity contribution in [2.45, 2.75) is 37.8 Å². The van der Waals surface area contributed by atoms with E-state index in [4.69, 9.17) is 22.1 Å². The van der Waals surface area contributed by atoms with Crippen LogP contribution in [0.15, 0.2) is 0 Å². The number of hydrogen-bond acceptors (Lipinski definition) is 7. The number of esters is 1. The maximum Gasteiger partial charge on any atom is 0.359 e. The van der Waals surface area contributed by atoms with Gasteiger partial charge in [0.05, 0.1) is 13.2 Å². The molecule has 2 rings (SSSR count). The molecule has 1 fully saturated rings. The summed E-state index contributed by atoms with van der Waals surface area (Å²) in [5.41, 5.74) is 6.06. The van der Waals surface area contributed by atoms with Gasteiger partial charge < -0.3 is 20.5 Å². The third-order valence-corrected chi connectivity index (χ3v) is 3.81. The van der Waals surface area contributed by atoms with E-state index < -0.39 is 5.97 Å². The Morgan fingerprint density at radius 1 is 1.29 bits per heavy atom. The van der Waals surface area contributed by atoms with Crippen LogP contribution in [0.25, 0.3) is 0 Å². The smallest absolute Gasteiger partial charge is 0.359 e. The molecule has 1 saturated carbocycles. The Balaban J connectivity index is 2.13. The van der Waals surface area contributed by atoms with E-state index in [1.807, 2.05) is 0 Å². The summed E-state index contributed by atoms with van der Waals surface area (Å²) in [7, 11) is 2.99. The van der Waals surface area contributed by atoms with Gasteiger partial charge in [0.1, 0.15) is 5.69 Å². The van der Waals surface area contributed by atoms with E-state index in [1.165, 1.54) is 7.11 Å². The average Bonchev–Trinajstić information content (AvgIpc) is 2.50. The monoisotopic (exact) mass is 314 g/mol. The fraction of sp³-hybridized carbons (Fsp3) is 0.615. The molecule has 7 nitrogen and oxygen atoms in total. The molecule has 1 heterocycles. The lowest BCUT2D eigenvalue weighted by Gasteiger charge is -2.28. The quantitative estimate of drug-likeness (QED) is 0.646. The number of hydrogen-bond donors (Lipinski definition) is 2. The van der Waals surface area contributed by atoms with Crippen LogP contribution < -0.4 is 11.1 Å². The Hall–Kier alpha value is -1.60. The zero-order valence-electron chi connectivity index (χ0n) is 12.1. The molecule has 0 saturated heterocycles. The number of nitrogens with one attached hydrogen (secondary N) is 1. The Labute approximate surface area is 128 Å². The number of nitrogens with zero attached hydrogens (tertiary/aromatic N) is 2. The lowest BCUT2D eigenvalue weighted by atomic mass is 9.93. The molecule has 0 aliphatic heterocycles. The van der Waals surface area contributed by atoms with Gasteiger partial charge >= 0.3 is 5.97 Å². The number of aromatic nitrogens is 2. The van der Waals surface area contributed by atoms with Gasteiger partial charge in [0.15, 0.2) is 11.5 Å². The minimum absolute atomic E-state index is 0.0226. The van der Waals surface area contributed by atoms with Gasteiger partial charge in [-0.3, -0.25) is 0 Å². The van der Waals surface area contributed by atoms with Crippen LogP contribution in [0, 0.1) is 0 Å². The standard InChI is InChI=1S/C13H19ClN4O3/c1-20-8-5-3-7(4-6-8)16-11-9(15)10(12(19)21-2)17-13(14)18-11/h7-8H,3-6,15H2,1-2H3,(H,16,17,18). The summed E-state index contributed by atoms with van der Waals surface area (Å²) in [6, 6.07) is 0.218. The van der Waals surface area contributed by atoms with Crippen LogP contribution in [0.1, 0.15) is 36.2 Å². The summed E-state index contributed by atoms with van der Waals surface area (Å²) in [6.07, 6.45) is 4.12. The number of anilines is 2. The topological polar surface area (TPSA) is 99.4 Å². The first-order valence-corrected chi connectivity index (χ1v) is 7.13. The molecule has 1 aliphatic rings. The molecule has 0 atom stereocenters. The average molecular weight is 315 g/mol. The Bertz CT molecular complexity index is 518. The molecule has 1 aromatic rings. The van der Waals surface area contributed by atoms with Crippen molar-refractivity contribution in [3.05, 3.63) is 11.0 Å². The first-order valence-electron chi connectivity index (χ1n) is 6.75. The van der Waals surface area contributed by atoms with Crippen LogP contribution in [-0.4, -0.2) is 42.3 Å². The predicted molar refractivity (Wildman–Crippen MR) is 79.5 cm³/mol. The highest BCUT2D eigenvalue weighted by Crippen LogP contribution is 2.27. The van der Waals surface area contributed by atoms with Gasteiger partial charge in [-0.1, -0.05) is 0 Å². The number of halogens is 1. The molecular weight excluding hydrogens is 296 g/mol. The van der Waals surface area contributed by atoms with Gasteiger partial charge in [0, 0.05) is 13.2 Å². The minimum atomic E-state index is -0.636. The SMILES string of the molecule is COC(=O)c1nc(Cl)nc(NC2CCC(OC)CC2)c1N. The van der Waals surface area contributed by atoms with Crippen molar-refractivity contribution in [2.24, 2.45) is 0 Å². The van der Waals surface area contributed by atoms with Crippen LogP contribution in [-0.2, 0) is 9.47 Å². The molecule has 0 radical (unpaired) electrons. The third-order valence-electron chi connectivity index (χ3n) is 3.65. The first-order chi connectivity index (χ1) is 10.0. The van der Waals surface area contributed by atoms with E-state index in [0.717, 1.165) is 25.7 Å². The van der Waals surface area contributed by atoms with Crippen molar-refractivity contribution in [2.75, 3.05) is 25.3 Å². The lowest BCUT2D eigenvalue weighted by molar-refractivity contribution is 0.0595. The van der Waals surface area contributed by atoms with Crippen molar-refractivity contribution < 1.29 is 14.3 Å². The summed E-state index contributed by atoms with van der Waals surface area (Å²) in [5.74, 6) is -0.265. The summed E-state index contributed by atoms with van der Waals surface area (Å²) >= 11 is 5.84. The van der Waals surface area contributed by atoms with Gasteiger partial charge in [0.25, 0.3) is 0 Å². The number of ether oxygens (including phenoxy) is 2. The van der Waals surface area contributed by atoms with Crippen molar-refractivity contribution in [3.8, 4) is 0 Å². The number of carbonyl (C=O) groups excluding carboxylic acids is 1. The van der Waals surface area contributed by atoms with Crippen LogP contribution in [0.2, 0.25) is 5.28 Å². The van der Waals surface area contributed by atoms with E-state index in [9.17, 15) is 4.79 Å². The molecule has 0 amide bonds. The first kappa shape index (κ1) is 15.8. The van der Waals surface area contributed by atoms with Gasteiger partial charge in [-0.25, -0.2) is 9.78 Å². The third kappa shape index (κ3) is 3.74. The lowest BCUT2D eigenvalue weighted by Crippen LogP contribution is -2.30. The molecule has 0 spiro atoms. The maximum absolute atomic E-state index is 11.6. The zero-order chi connectivity index (χ0) is 15.4. The second-order valence-corrected chi connectivity index (χ2v) is 5.29. The summed E-state index contributed by atoms with van der Waals surface area (Å²) in [4.78, 5) is 19.5. The highest BCUT2D eigenvalue weighted by molar-refractivity contribution is 6.28. The predicted octanol–water partition coefficient (Wildman–Crippen LogP) is 1.87. The van der Waals surface area contributed by atoms with Crippen LogP contribution in [0.4, 0.5) is 11.5 Å². The number of nitrogens with two attached hydrogens (primary N) is 1. The van der Waals surface area contributed by atoms with E-state index in [1.54, 1.807) is 7.11 Å². The largest absolute Gasteiger partial charge is 0.464 e. The molecule has 1 aromatic heterocycles. The molecule has 21 heavy (non-hydrogen) atoms. The molecule has 8 heteroatoms. The highest BCUT2D eigenvalue weighted by atomic mass is 35.5. The van der Waals surface area contributed by atoms with Crippen molar-refractivity contribution in [1.82, 2.24) is 9.97 Å². The highest BCUT2D eigenvalue weighted by Gasteiger charge is 2.24. The Kier molecular flexibility index (Phi) is 5.19. The van der Waals surface area contributed by atoms with Crippen LogP contribution >= 0.6 is 11.6 Å². The van der Waals surface area contributed by atoms with Crippen molar-refractivity contribution in [3.63, 3.8) is 0 Å². The van der Waals surface area contributed by atoms with Gasteiger partial charge in [-0.2, -0.15) is 4.98 Å². The van der Waals surface area contributed by atoms with Gasteiger partial charge in [-0.05, 0) is 37.3 Å². The summed E-state index contributed by atoms with van der Waals surface area (Å²) in [6.45, 7) is 0. The van der Waals surface area contributed by atoms with Crippen molar-refractivity contribution in [1.29, 1.82) is 0 Å². The van der Waals surface area contributed by atoms with E-state index in [0.29, 0.717) is 11.9 Å². The maximum atomic E-state index is 11.6. The Morgan fingerprint density at radius 2 is 1.95 bits per heavy atom. The molecule has 0 aromatic carbocycles. The van der Waals surface area contributed by atoms with Gasteiger partial charge in [-0.15, -0.1) is 0 Å². The number of nitrogen functional groups attached to an aromatic ring is 1. The molecule has 116 valence electrons. The van der Waals surface area contributed by atoms with Crippen LogP contribution in [0.3, 0.4) is 0 Å².